The van der Waals surface area contributed by atoms with E-state index in [0.717, 1.165) is 5.56 Å². The summed E-state index contributed by atoms with van der Waals surface area (Å²) in [4.78, 5) is 12.1. The summed E-state index contributed by atoms with van der Waals surface area (Å²) in [6.45, 7) is 0. The fourth-order valence-electron chi connectivity index (χ4n) is 2.34. The summed E-state index contributed by atoms with van der Waals surface area (Å²) in [6.07, 6.45) is 3.43. The predicted octanol–water partition coefficient (Wildman–Crippen LogP) is 2.67. The summed E-state index contributed by atoms with van der Waals surface area (Å²) in [5.74, 6) is -0.803. The van der Waals surface area contributed by atoms with Crippen LogP contribution >= 0.6 is 0 Å². The quantitative estimate of drug-likeness (QED) is 0.906. The van der Waals surface area contributed by atoms with Gasteiger partial charge in [-0.2, -0.15) is 5.26 Å². The molecule has 2 unspecified atom stereocenters. The molecule has 98 valence electrons. The van der Waals surface area contributed by atoms with Crippen LogP contribution in [-0.2, 0) is 4.79 Å². The average Bonchev–Trinajstić information content (AvgIpc) is 3.01. The zero-order chi connectivity index (χ0) is 13.9. The van der Waals surface area contributed by atoms with E-state index in [4.69, 9.17) is 4.42 Å². The Bertz CT molecular complexity index is 681. The third kappa shape index (κ3) is 2.10. The molecule has 2 heterocycles. The van der Waals surface area contributed by atoms with Gasteiger partial charge >= 0.3 is 0 Å². The van der Waals surface area contributed by atoms with Crippen molar-refractivity contribution in [2.45, 2.75) is 5.92 Å². The Kier molecular flexibility index (Phi) is 3.10. The maximum Gasteiger partial charge on any atom is 0.242 e. The molecule has 1 amide bonds. The summed E-state index contributed by atoms with van der Waals surface area (Å²) < 4.78 is 5.36. The number of carbonyl (C=O) groups excluding carboxylic acids is 1. The van der Waals surface area contributed by atoms with Crippen molar-refractivity contribution in [3.8, 4) is 6.07 Å². The highest BCUT2D eigenvalue weighted by atomic mass is 16.3. The number of nitrogens with zero attached hydrogens (tertiary/aromatic N) is 1. The zero-order valence-corrected chi connectivity index (χ0v) is 10.6. The van der Waals surface area contributed by atoms with Crippen LogP contribution in [0.4, 0.5) is 0 Å². The molecule has 1 N–H and O–H groups in total. The van der Waals surface area contributed by atoms with E-state index in [1.165, 1.54) is 0 Å². The van der Waals surface area contributed by atoms with Crippen molar-refractivity contribution in [3.05, 3.63) is 66.1 Å². The van der Waals surface area contributed by atoms with Crippen LogP contribution in [-0.4, -0.2) is 5.91 Å². The largest absolute Gasteiger partial charge is 0.469 e. The van der Waals surface area contributed by atoms with Gasteiger partial charge in [0.2, 0.25) is 5.91 Å². The number of rotatable bonds is 2. The Morgan fingerprint density at radius 1 is 1.15 bits per heavy atom. The number of hydrogen-bond donors (Lipinski definition) is 1. The molecule has 0 aliphatic carbocycles. The van der Waals surface area contributed by atoms with E-state index >= 15 is 0 Å². The maximum absolute atomic E-state index is 12.1. The molecule has 1 aliphatic rings. The lowest BCUT2D eigenvalue weighted by molar-refractivity contribution is -0.122. The molecule has 4 nitrogen and oxygen atoms in total. The van der Waals surface area contributed by atoms with Gasteiger partial charge in [-0.1, -0.05) is 30.3 Å². The summed E-state index contributed by atoms with van der Waals surface area (Å²) in [5, 5.41) is 12.0. The Morgan fingerprint density at radius 3 is 2.60 bits per heavy atom. The van der Waals surface area contributed by atoms with E-state index in [1.807, 2.05) is 42.5 Å². The van der Waals surface area contributed by atoms with Crippen molar-refractivity contribution in [2.75, 3.05) is 0 Å². The molecule has 0 saturated carbocycles. The molecule has 20 heavy (non-hydrogen) atoms. The summed E-state index contributed by atoms with van der Waals surface area (Å²) in [5.41, 5.74) is 1.62. The molecule has 2 atom stereocenters. The molecule has 2 aromatic rings. The van der Waals surface area contributed by atoms with Crippen molar-refractivity contribution >= 4 is 11.6 Å². The molecule has 1 aromatic heterocycles. The van der Waals surface area contributed by atoms with E-state index in [2.05, 4.69) is 5.32 Å². The minimum atomic E-state index is -0.770. The molecule has 1 aromatic carbocycles. The Morgan fingerprint density at radius 2 is 1.95 bits per heavy atom. The van der Waals surface area contributed by atoms with Gasteiger partial charge < -0.3 is 9.73 Å². The first kappa shape index (κ1) is 12.2. The van der Waals surface area contributed by atoms with Gasteiger partial charge in [-0.25, -0.2) is 0 Å². The molecular weight excluding hydrogens is 252 g/mol. The number of allylic oxidation sites excluding steroid dienone is 1. The van der Waals surface area contributed by atoms with Gasteiger partial charge in [0.1, 0.15) is 11.7 Å². The van der Waals surface area contributed by atoms with Gasteiger partial charge in [-0.3, -0.25) is 4.79 Å². The molecule has 4 heteroatoms. The Hall–Kier alpha value is -2.80. The highest BCUT2D eigenvalue weighted by molar-refractivity contribution is 5.93. The first-order valence-corrected chi connectivity index (χ1v) is 6.30. The van der Waals surface area contributed by atoms with Crippen LogP contribution < -0.4 is 5.32 Å². The van der Waals surface area contributed by atoms with Crippen LogP contribution in [0.15, 0.2) is 59.2 Å². The number of carbonyl (C=O) groups is 1. The summed E-state index contributed by atoms with van der Waals surface area (Å²) >= 11 is 0. The summed E-state index contributed by atoms with van der Waals surface area (Å²) in [6, 6.07) is 15.1. The van der Waals surface area contributed by atoms with Gasteiger partial charge in [0.05, 0.1) is 18.3 Å². The standard InChI is InChI=1S/C16H12N2O2/c17-10-13-12(15-7-4-8-20-15)9-14(18-16(13)19)11-5-2-1-3-6-11/h1-9,12-13H,(H,18,19). The van der Waals surface area contributed by atoms with Crippen molar-refractivity contribution < 1.29 is 9.21 Å². The molecule has 0 bridgehead atoms. The molecule has 0 fully saturated rings. The molecule has 0 saturated heterocycles. The molecule has 1 aliphatic heterocycles. The second kappa shape index (κ2) is 5.06. The smallest absolute Gasteiger partial charge is 0.242 e. The highest BCUT2D eigenvalue weighted by Gasteiger charge is 2.34. The fourth-order valence-corrected chi connectivity index (χ4v) is 2.34. The number of hydrogen-bond acceptors (Lipinski definition) is 3. The second-order valence-corrected chi connectivity index (χ2v) is 4.58. The van der Waals surface area contributed by atoms with Gasteiger partial charge in [-0.15, -0.1) is 0 Å². The first-order chi connectivity index (χ1) is 9.79. The molecule has 0 radical (unpaired) electrons. The number of furan rings is 1. The molecule has 3 rings (SSSR count). The number of nitrogens with one attached hydrogen (secondary N) is 1. The summed E-state index contributed by atoms with van der Waals surface area (Å²) in [7, 11) is 0. The Balaban J connectivity index is 2.05. The Labute approximate surface area is 116 Å². The average molecular weight is 264 g/mol. The minimum absolute atomic E-state index is 0.296. The number of amides is 1. The van der Waals surface area contributed by atoms with Gasteiger partial charge in [0.25, 0.3) is 0 Å². The number of nitriles is 1. The van der Waals surface area contributed by atoms with E-state index in [0.29, 0.717) is 11.5 Å². The third-order valence-electron chi connectivity index (χ3n) is 3.34. The monoisotopic (exact) mass is 264 g/mol. The highest BCUT2D eigenvalue weighted by Crippen LogP contribution is 2.33. The third-order valence-corrected chi connectivity index (χ3v) is 3.34. The van der Waals surface area contributed by atoms with Crippen LogP contribution in [0.25, 0.3) is 5.70 Å². The second-order valence-electron chi connectivity index (χ2n) is 4.58. The lowest BCUT2D eigenvalue weighted by Gasteiger charge is -2.24. The van der Waals surface area contributed by atoms with Crippen LogP contribution in [0.1, 0.15) is 17.2 Å². The van der Waals surface area contributed by atoms with Gasteiger partial charge in [0, 0.05) is 5.70 Å². The number of benzene rings is 1. The van der Waals surface area contributed by atoms with E-state index in [-0.39, 0.29) is 11.8 Å². The van der Waals surface area contributed by atoms with Crippen LogP contribution in [0.5, 0.6) is 0 Å². The van der Waals surface area contributed by atoms with Crippen molar-refractivity contribution in [1.82, 2.24) is 5.32 Å². The molecule has 0 spiro atoms. The maximum atomic E-state index is 12.1. The lowest BCUT2D eigenvalue weighted by Crippen LogP contribution is -2.36. The first-order valence-electron chi connectivity index (χ1n) is 6.30. The van der Waals surface area contributed by atoms with E-state index in [9.17, 15) is 10.1 Å². The van der Waals surface area contributed by atoms with Gasteiger partial charge in [-0.05, 0) is 23.8 Å². The minimum Gasteiger partial charge on any atom is -0.469 e. The van der Waals surface area contributed by atoms with Crippen LogP contribution in [0, 0.1) is 17.2 Å². The van der Waals surface area contributed by atoms with Crippen LogP contribution in [0.2, 0.25) is 0 Å². The topological polar surface area (TPSA) is 66.0 Å². The zero-order valence-electron chi connectivity index (χ0n) is 10.6. The van der Waals surface area contributed by atoms with E-state index in [1.54, 1.807) is 18.4 Å². The molecular formula is C16H12N2O2. The van der Waals surface area contributed by atoms with Crippen molar-refractivity contribution in [2.24, 2.45) is 5.92 Å². The predicted molar refractivity (Wildman–Crippen MR) is 73.1 cm³/mol. The lowest BCUT2D eigenvalue weighted by atomic mass is 9.86. The fraction of sp³-hybridized carbons (Fsp3) is 0.125. The normalized spacial score (nSPS) is 21.8. The van der Waals surface area contributed by atoms with Gasteiger partial charge in [0.15, 0.2) is 0 Å². The van der Waals surface area contributed by atoms with E-state index < -0.39 is 5.92 Å². The SMILES string of the molecule is N#CC1C(=O)NC(c2ccccc2)=CC1c1ccco1. The van der Waals surface area contributed by atoms with Crippen molar-refractivity contribution in [3.63, 3.8) is 0 Å². The van der Waals surface area contributed by atoms with Crippen LogP contribution in [0.3, 0.4) is 0 Å². The van der Waals surface area contributed by atoms with Crippen molar-refractivity contribution in [1.29, 1.82) is 5.26 Å².